The molecule has 6 nitrogen and oxygen atoms in total. The van der Waals surface area contributed by atoms with Gasteiger partial charge in [-0.2, -0.15) is 0 Å². The van der Waals surface area contributed by atoms with Crippen molar-refractivity contribution in [3.63, 3.8) is 0 Å². The van der Waals surface area contributed by atoms with Crippen molar-refractivity contribution in [1.29, 1.82) is 0 Å². The second-order valence-corrected chi connectivity index (χ2v) is 4.54. The third kappa shape index (κ3) is 2.83. The highest BCUT2D eigenvalue weighted by molar-refractivity contribution is 7.71. The fraction of sp³-hybridized carbons (Fsp3) is 0.231. The number of para-hydroxylation sites is 1. The van der Waals surface area contributed by atoms with Gasteiger partial charge in [0.15, 0.2) is 5.82 Å². The normalized spacial score (nSPS) is 10.2. The molecule has 1 aromatic heterocycles. The number of benzene rings is 1. The number of rotatable bonds is 5. The molecule has 0 fully saturated rings. The van der Waals surface area contributed by atoms with Gasteiger partial charge >= 0.3 is 5.69 Å². The molecule has 0 aliphatic heterocycles. The van der Waals surface area contributed by atoms with E-state index in [1.165, 1.54) is 6.33 Å². The summed E-state index contributed by atoms with van der Waals surface area (Å²) in [6.07, 6.45) is 2.23. The second kappa shape index (κ2) is 6.25. The lowest BCUT2D eigenvalue weighted by Gasteiger charge is -2.23. The van der Waals surface area contributed by atoms with Crippen molar-refractivity contribution in [3.05, 3.63) is 51.4 Å². The van der Waals surface area contributed by atoms with Crippen LogP contribution in [0, 0.1) is 14.8 Å². The van der Waals surface area contributed by atoms with Gasteiger partial charge in [0.2, 0.25) is 4.64 Å². The standard InChI is InChI=1S/C13H14N4O2S/c1-2-8-16(10-6-4-3-5-7-10)12-11(17(18)19)13(20)15-9-14-12/h3-7,9H,2,8H2,1H3,(H,14,15,20). The van der Waals surface area contributed by atoms with Crippen LogP contribution in [0.3, 0.4) is 0 Å². The molecule has 2 aromatic rings. The Hall–Kier alpha value is -2.28. The minimum Gasteiger partial charge on any atom is -0.327 e. The Balaban J connectivity index is 2.59. The highest BCUT2D eigenvalue weighted by Gasteiger charge is 2.23. The van der Waals surface area contributed by atoms with E-state index in [9.17, 15) is 10.1 Å². The van der Waals surface area contributed by atoms with Crippen LogP contribution in [0.25, 0.3) is 0 Å². The number of anilines is 2. The molecular formula is C13H14N4O2S. The Morgan fingerprint density at radius 3 is 2.70 bits per heavy atom. The predicted octanol–water partition coefficient (Wildman–Crippen LogP) is 3.60. The zero-order valence-corrected chi connectivity index (χ0v) is 11.8. The lowest BCUT2D eigenvalue weighted by Crippen LogP contribution is -2.20. The molecule has 7 heteroatoms. The lowest BCUT2D eigenvalue weighted by molar-refractivity contribution is -0.385. The highest BCUT2D eigenvalue weighted by atomic mass is 32.1. The molecule has 0 saturated carbocycles. The molecule has 0 amide bonds. The number of nitro groups is 1. The van der Waals surface area contributed by atoms with Crippen molar-refractivity contribution in [2.24, 2.45) is 0 Å². The van der Waals surface area contributed by atoms with E-state index < -0.39 is 4.92 Å². The maximum atomic E-state index is 11.2. The summed E-state index contributed by atoms with van der Waals surface area (Å²) < 4.78 is -0.0132. The number of nitrogens with zero attached hydrogens (tertiary/aromatic N) is 3. The van der Waals surface area contributed by atoms with E-state index in [1.54, 1.807) is 0 Å². The molecule has 0 bridgehead atoms. The smallest absolute Gasteiger partial charge is 0.327 e. The zero-order valence-electron chi connectivity index (χ0n) is 10.9. The topological polar surface area (TPSA) is 75.1 Å². The van der Waals surface area contributed by atoms with Gasteiger partial charge in [-0.25, -0.2) is 4.98 Å². The van der Waals surface area contributed by atoms with Gasteiger partial charge in [-0.15, -0.1) is 0 Å². The number of H-pyrrole nitrogens is 1. The number of aromatic nitrogens is 2. The first-order valence-electron chi connectivity index (χ1n) is 6.19. The molecule has 0 saturated heterocycles. The van der Waals surface area contributed by atoms with Gasteiger partial charge in [0, 0.05) is 12.2 Å². The average Bonchev–Trinajstić information content (AvgIpc) is 2.45. The van der Waals surface area contributed by atoms with E-state index in [0.717, 1.165) is 12.1 Å². The molecule has 1 N–H and O–H groups in total. The van der Waals surface area contributed by atoms with E-state index in [2.05, 4.69) is 9.97 Å². The van der Waals surface area contributed by atoms with Crippen molar-refractivity contribution in [2.45, 2.75) is 13.3 Å². The Labute approximate surface area is 121 Å². The fourth-order valence-corrected chi connectivity index (χ4v) is 2.18. The summed E-state index contributed by atoms with van der Waals surface area (Å²) in [6.45, 7) is 2.65. The van der Waals surface area contributed by atoms with Crippen LogP contribution < -0.4 is 4.90 Å². The minimum atomic E-state index is -0.493. The molecule has 1 aromatic carbocycles. The maximum absolute atomic E-state index is 11.2. The SMILES string of the molecule is CCCN(c1ccccc1)c1[nH]cnc(=S)c1[N+](=O)[O-]. The van der Waals surface area contributed by atoms with Gasteiger partial charge in [0.1, 0.15) is 0 Å². The largest absolute Gasteiger partial charge is 0.346 e. The molecule has 1 heterocycles. The first kappa shape index (κ1) is 14.1. The van der Waals surface area contributed by atoms with E-state index in [4.69, 9.17) is 12.2 Å². The molecule has 0 aliphatic carbocycles. The van der Waals surface area contributed by atoms with Gasteiger partial charge in [-0.3, -0.25) is 10.1 Å². The quantitative estimate of drug-likeness (QED) is 0.517. The van der Waals surface area contributed by atoms with Crippen LogP contribution in [0.2, 0.25) is 0 Å². The summed E-state index contributed by atoms with van der Waals surface area (Å²) in [5.74, 6) is 0.364. The van der Waals surface area contributed by atoms with Crippen LogP contribution in [0.4, 0.5) is 17.2 Å². The molecular weight excluding hydrogens is 276 g/mol. The third-order valence-corrected chi connectivity index (χ3v) is 3.08. The van der Waals surface area contributed by atoms with E-state index in [-0.39, 0.29) is 10.3 Å². The molecule has 0 radical (unpaired) electrons. The van der Waals surface area contributed by atoms with Crippen LogP contribution in [0.15, 0.2) is 36.7 Å². The zero-order chi connectivity index (χ0) is 14.5. The molecule has 0 spiro atoms. The van der Waals surface area contributed by atoms with Crippen LogP contribution in [0.1, 0.15) is 13.3 Å². The van der Waals surface area contributed by atoms with Crippen molar-refractivity contribution < 1.29 is 4.92 Å². The number of nitrogens with one attached hydrogen (secondary N) is 1. The maximum Gasteiger partial charge on any atom is 0.346 e. The molecule has 20 heavy (non-hydrogen) atoms. The summed E-state index contributed by atoms with van der Waals surface area (Å²) in [6, 6.07) is 9.48. The van der Waals surface area contributed by atoms with Crippen LogP contribution in [-0.2, 0) is 0 Å². The van der Waals surface area contributed by atoms with Crippen LogP contribution in [-0.4, -0.2) is 21.4 Å². The number of hydrogen-bond donors (Lipinski definition) is 1. The van der Waals surface area contributed by atoms with Crippen LogP contribution in [0.5, 0.6) is 0 Å². The summed E-state index contributed by atoms with van der Waals surface area (Å²) in [5, 5.41) is 11.2. The summed E-state index contributed by atoms with van der Waals surface area (Å²) in [5.41, 5.74) is 0.703. The van der Waals surface area contributed by atoms with Crippen molar-refractivity contribution in [1.82, 2.24) is 9.97 Å². The summed E-state index contributed by atoms with van der Waals surface area (Å²) in [4.78, 5) is 19.2. The molecule has 0 aliphatic rings. The van der Waals surface area contributed by atoms with Gasteiger partial charge in [0.05, 0.1) is 11.3 Å². The monoisotopic (exact) mass is 290 g/mol. The third-order valence-electron chi connectivity index (χ3n) is 2.78. The summed E-state index contributed by atoms with van der Waals surface area (Å²) in [7, 11) is 0. The Morgan fingerprint density at radius 2 is 2.10 bits per heavy atom. The number of hydrogen-bond acceptors (Lipinski definition) is 5. The number of aromatic amines is 1. The molecule has 0 unspecified atom stereocenters. The first-order valence-corrected chi connectivity index (χ1v) is 6.60. The minimum absolute atomic E-state index is 0.0132. The van der Waals surface area contributed by atoms with Gasteiger partial charge in [-0.1, -0.05) is 37.3 Å². The summed E-state index contributed by atoms with van der Waals surface area (Å²) >= 11 is 4.97. The van der Waals surface area contributed by atoms with Crippen molar-refractivity contribution in [2.75, 3.05) is 11.4 Å². The first-order chi connectivity index (χ1) is 9.65. The molecule has 104 valence electrons. The van der Waals surface area contributed by atoms with E-state index >= 15 is 0 Å². The highest BCUT2D eigenvalue weighted by Crippen LogP contribution is 2.31. The van der Waals surface area contributed by atoms with Crippen molar-refractivity contribution in [3.8, 4) is 0 Å². The Kier molecular flexibility index (Phi) is 4.41. The van der Waals surface area contributed by atoms with Crippen molar-refractivity contribution >= 4 is 29.4 Å². The van der Waals surface area contributed by atoms with Gasteiger partial charge in [0.25, 0.3) is 0 Å². The second-order valence-electron chi connectivity index (χ2n) is 4.15. The van der Waals surface area contributed by atoms with Gasteiger partial charge < -0.3 is 9.88 Å². The van der Waals surface area contributed by atoms with Gasteiger partial charge in [-0.05, 0) is 18.6 Å². The molecule has 0 atom stereocenters. The average molecular weight is 290 g/mol. The fourth-order valence-electron chi connectivity index (χ4n) is 1.95. The Morgan fingerprint density at radius 1 is 1.40 bits per heavy atom. The van der Waals surface area contributed by atoms with E-state index in [1.807, 2.05) is 42.2 Å². The van der Waals surface area contributed by atoms with E-state index in [0.29, 0.717) is 12.4 Å². The lowest BCUT2D eigenvalue weighted by atomic mass is 10.2. The predicted molar refractivity (Wildman–Crippen MR) is 79.8 cm³/mol. The Bertz CT molecular complexity index is 657. The van der Waals surface area contributed by atoms with Crippen LogP contribution >= 0.6 is 12.2 Å². The molecule has 2 rings (SSSR count).